The topological polar surface area (TPSA) is 43.6 Å². The van der Waals surface area contributed by atoms with Gasteiger partial charge in [-0.25, -0.2) is 4.98 Å². The van der Waals surface area contributed by atoms with E-state index >= 15 is 0 Å². The molecule has 0 amide bonds. The van der Waals surface area contributed by atoms with Crippen LogP contribution in [0.15, 0.2) is 24.5 Å². The Morgan fingerprint density at radius 3 is 2.50 bits per heavy atom. The Balaban J connectivity index is 2.17. The summed E-state index contributed by atoms with van der Waals surface area (Å²) >= 11 is 5.97. The van der Waals surface area contributed by atoms with E-state index in [1.807, 2.05) is 6.92 Å². The number of rotatable bonds is 1. The van der Waals surface area contributed by atoms with Crippen LogP contribution in [-0.2, 0) is 13.2 Å². The van der Waals surface area contributed by atoms with Gasteiger partial charge < -0.3 is 4.57 Å². The van der Waals surface area contributed by atoms with Crippen molar-refractivity contribution in [2.24, 2.45) is 7.05 Å². The van der Waals surface area contributed by atoms with Gasteiger partial charge in [0, 0.05) is 18.9 Å². The highest BCUT2D eigenvalue weighted by Gasteiger charge is 2.32. The van der Waals surface area contributed by atoms with Crippen LogP contribution >= 0.6 is 11.6 Å². The van der Waals surface area contributed by atoms with Gasteiger partial charge in [0.15, 0.2) is 5.82 Å². The molecule has 3 heterocycles. The summed E-state index contributed by atoms with van der Waals surface area (Å²) in [5.74, 6) is 0.390. The van der Waals surface area contributed by atoms with Crippen molar-refractivity contribution in [2.45, 2.75) is 13.1 Å². The monoisotopic (exact) mass is 326 g/mol. The molecule has 0 aromatic carbocycles. The molecule has 3 rings (SSSR count). The number of aryl methyl sites for hydroxylation is 2. The van der Waals surface area contributed by atoms with E-state index in [0.29, 0.717) is 11.3 Å². The first-order chi connectivity index (χ1) is 10.3. The van der Waals surface area contributed by atoms with Crippen molar-refractivity contribution in [3.8, 4) is 11.5 Å². The number of nitrogens with zero attached hydrogens (tertiary/aromatic N) is 4. The van der Waals surface area contributed by atoms with E-state index in [0.717, 1.165) is 23.5 Å². The SMILES string of the molecule is Cc1cc2nc(-c3ncc(C(F)(F)F)cc3Cl)n(C)c2cn1. The first-order valence-electron chi connectivity index (χ1n) is 6.29. The fourth-order valence-electron chi connectivity index (χ4n) is 2.16. The van der Waals surface area contributed by atoms with Crippen molar-refractivity contribution >= 4 is 22.6 Å². The third-order valence-electron chi connectivity index (χ3n) is 3.28. The number of alkyl halides is 3. The van der Waals surface area contributed by atoms with Crippen molar-refractivity contribution < 1.29 is 13.2 Å². The first kappa shape index (κ1) is 14.8. The average Bonchev–Trinajstić information content (AvgIpc) is 2.74. The summed E-state index contributed by atoms with van der Waals surface area (Å²) in [6.07, 6.45) is -2.08. The third-order valence-corrected chi connectivity index (χ3v) is 3.57. The van der Waals surface area contributed by atoms with Crippen LogP contribution < -0.4 is 0 Å². The molecule has 0 fully saturated rings. The highest BCUT2D eigenvalue weighted by Crippen LogP contribution is 2.34. The molecule has 0 atom stereocenters. The largest absolute Gasteiger partial charge is 0.417 e. The maximum Gasteiger partial charge on any atom is 0.417 e. The Labute approximate surface area is 128 Å². The molecule has 0 spiro atoms. The van der Waals surface area contributed by atoms with Gasteiger partial charge in [-0.05, 0) is 19.1 Å². The van der Waals surface area contributed by atoms with Gasteiger partial charge in [0.25, 0.3) is 0 Å². The lowest BCUT2D eigenvalue weighted by Crippen LogP contribution is -2.06. The van der Waals surface area contributed by atoms with Gasteiger partial charge in [-0.3, -0.25) is 9.97 Å². The van der Waals surface area contributed by atoms with Gasteiger partial charge in [0.05, 0.1) is 27.8 Å². The van der Waals surface area contributed by atoms with Crippen LogP contribution in [0.3, 0.4) is 0 Å². The Bertz CT molecular complexity index is 870. The number of imidazole rings is 1. The van der Waals surface area contributed by atoms with Crippen molar-refractivity contribution in [2.75, 3.05) is 0 Å². The minimum atomic E-state index is -4.48. The first-order valence-corrected chi connectivity index (χ1v) is 6.67. The predicted molar refractivity (Wildman–Crippen MR) is 76.5 cm³/mol. The Hall–Kier alpha value is -2.15. The second-order valence-electron chi connectivity index (χ2n) is 4.86. The van der Waals surface area contributed by atoms with Gasteiger partial charge in [0.1, 0.15) is 5.69 Å². The molecule has 4 nitrogen and oxygen atoms in total. The molecule has 0 unspecified atom stereocenters. The molecule has 0 saturated heterocycles. The second-order valence-corrected chi connectivity index (χ2v) is 5.27. The summed E-state index contributed by atoms with van der Waals surface area (Å²) in [5, 5.41) is -0.0992. The smallest absolute Gasteiger partial charge is 0.324 e. The summed E-state index contributed by atoms with van der Waals surface area (Å²) in [7, 11) is 1.73. The number of pyridine rings is 2. The molecule has 8 heteroatoms. The van der Waals surface area contributed by atoms with Gasteiger partial charge in [-0.1, -0.05) is 11.6 Å². The Morgan fingerprint density at radius 2 is 1.86 bits per heavy atom. The molecule has 114 valence electrons. The van der Waals surface area contributed by atoms with Crippen molar-refractivity contribution in [3.63, 3.8) is 0 Å². The Kier molecular flexibility index (Phi) is 3.32. The lowest BCUT2D eigenvalue weighted by atomic mass is 10.2. The fourth-order valence-corrected chi connectivity index (χ4v) is 2.41. The van der Waals surface area contributed by atoms with E-state index in [-0.39, 0.29) is 10.7 Å². The van der Waals surface area contributed by atoms with Crippen LogP contribution in [0.4, 0.5) is 13.2 Å². The van der Waals surface area contributed by atoms with Crippen molar-refractivity contribution in [1.82, 2.24) is 19.5 Å². The molecule has 22 heavy (non-hydrogen) atoms. The molecule has 0 bridgehead atoms. The van der Waals surface area contributed by atoms with E-state index in [1.54, 1.807) is 23.9 Å². The van der Waals surface area contributed by atoms with Gasteiger partial charge in [0.2, 0.25) is 0 Å². The zero-order valence-electron chi connectivity index (χ0n) is 11.6. The maximum atomic E-state index is 12.7. The molecular formula is C14H10ClF3N4. The van der Waals surface area contributed by atoms with Crippen LogP contribution in [0.2, 0.25) is 5.02 Å². The number of hydrogen-bond acceptors (Lipinski definition) is 3. The minimum absolute atomic E-state index is 0.0992. The zero-order chi connectivity index (χ0) is 16.1. The molecular weight excluding hydrogens is 317 g/mol. The lowest BCUT2D eigenvalue weighted by molar-refractivity contribution is -0.137. The lowest BCUT2D eigenvalue weighted by Gasteiger charge is -2.09. The molecule has 0 aliphatic rings. The molecule has 3 aromatic heterocycles. The third kappa shape index (κ3) is 2.41. The van der Waals surface area contributed by atoms with Gasteiger partial charge >= 0.3 is 6.18 Å². The molecule has 0 aliphatic carbocycles. The summed E-state index contributed by atoms with van der Waals surface area (Å²) in [6.45, 7) is 1.83. The van der Waals surface area contributed by atoms with E-state index in [4.69, 9.17) is 11.6 Å². The number of aromatic nitrogens is 4. The number of halogens is 4. The fraction of sp³-hybridized carbons (Fsp3) is 0.214. The van der Waals surface area contributed by atoms with Crippen LogP contribution in [0.5, 0.6) is 0 Å². The van der Waals surface area contributed by atoms with Crippen molar-refractivity contribution in [1.29, 1.82) is 0 Å². The maximum absolute atomic E-state index is 12.7. The van der Waals surface area contributed by atoms with E-state index in [2.05, 4.69) is 15.0 Å². The van der Waals surface area contributed by atoms with Gasteiger partial charge in [-0.2, -0.15) is 13.2 Å². The minimum Gasteiger partial charge on any atom is -0.324 e. The van der Waals surface area contributed by atoms with Crippen LogP contribution in [0.1, 0.15) is 11.3 Å². The normalized spacial score (nSPS) is 12.1. The molecule has 3 aromatic rings. The number of hydrogen-bond donors (Lipinski definition) is 0. The molecule has 0 radical (unpaired) electrons. The summed E-state index contributed by atoms with van der Waals surface area (Å²) < 4.78 is 39.7. The summed E-state index contributed by atoms with van der Waals surface area (Å²) in [6, 6.07) is 2.64. The van der Waals surface area contributed by atoms with E-state index in [9.17, 15) is 13.2 Å². The summed E-state index contributed by atoms with van der Waals surface area (Å²) in [5.41, 5.74) is 1.54. The van der Waals surface area contributed by atoms with E-state index in [1.165, 1.54) is 0 Å². The predicted octanol–water partition coefficient (Wildman–Crippen LogP) is 4.01. The Morgan fingerprint density at radius 1 is 1.14 bits per heavy atom. The molecule has 0 N–H and O–H groups in total. The zero-order valence-corrected chi connectivity index (χ0v) is 12.4. The standard InChI is InChI=1S/C14H10ClF3N4/c1-7-3-10-11(6-19-7)22(2)13(21-10)12-9(15)4-8(5-20-12)14(16,17)18/h3-6H,1-2H3. The highest BCUT2D eigenvalue weighted by atomic mass is 35.5. The average molecular weight is 327 g/mol. The van der Waals surface area contributed by atoms with Crippen LogP contribution in [0, 0.1) is 6.92 Å². The van der Waals surface area contributed by atoms with Crippen LogP contribution in [0.25, 0.3) is 22.6 Å². The summed E-state index contributed by atoms with van der Waals surface area (Å²) in [4.78, 5) is 12.4. The molecule has 0 saturated carbocycles. The number of fused-ring (bicyclic) bond motifs is 1. The van der Waals surface area contributed by atoms with Crippen molar-refractivity contribution in [3.05, 3.63) is 40.8 Å². The molecule has 0 aliphatic heterocycles. The second kappa shape index (κ2) is 4.95. The highest BCUT2D eigenvalue weighted by molar-refractivity contribution is 6.33. The van der Waals surface area contributed by atoms with Crippen LogP contribution in [-0.4, -0.2) is 19.5 Å². The van der Waals surface area contributed by atoms with Gasteiger partial charge in [-0.15, -0.1) is 0 Å². The van der Waals surface area contributed by atoms with E-state index < -0.39 is 11.7 Å². The quantitative estimate of drug-likeness (QED) is 0.678.